The SMILES string of the molecule is CCCCc1ccccc1OCC(=O)N(c1ccccc1)C(C)C. The van der Waals surface area contributed by atoms with Crippen molar-refractivity contribution in [2.24, 2.45) is 0 Å². The molecule has 3 heteroatoms. The Morgan fingerprint density at radius 3 is 2.38 bits per heavy atom. The molecule has 0 aliphatic heterocycles. The molecule has 0 heterocycles. The van der Waals surface area contributed by atoms with Crippen molar-refractivity contribution in [3.63, 3.8) is 0 Å². The number of rotatable bonds is 8. The van der Waals surface area contributed by atoms with Crippen molar-refractivity contribution in [1.29, 1.82) is 0 Å². The first-order valence-corrected chi connectivity index (χ1v) is 8.71. The van der Waals surface area contributed by atoms with Gasteiger partial charge in [-0.3, -0.25) is 4.79 Å². The molecule has 0 aliphatic carbocycles. The van der Waals surface area contributed by atoms with Crippen LogP contribution in [0, 0.1) is 0 Å². The second-order valence-corrected chi connectivity index (χ2v) is 6.19. The van der Waals surface area contributed by atoms with E-state index >= 15 is 0 Å². The summed E-state index contributed by atoms with van der Waals surface area (Å²) in [5.41, 5.74) is 2.07. The lowest BCUT2D eigenvalue weighted by molar-refractivity contribution is -0.120. The van der Waals surface area contributed by atoms with Crippen molar-refractivity contribution in [3.8, 4) is 5.75 Å². The fourth-order valence-electron chi connectivity index (χ4n) is 2.75. The van der Waals surface area contributed by atoms with Gasteiger partial charge in [-0.1, -0.05) is 49.7 Å². The van der Waals surface area contributed by atoms with Crippen molar-refractivity contribution >= 4 is 11.6 Å². The topological polar surface area (TPSA) is 29.5 Å². The molecule has 3 nitrogen and oxygen atoms in total. The van der Waals surface area contributed by atoms with Gasteiger partial charge in [-0.05, 0) is 50.5 Å². The normalized spacial score (nSPS) is 10.7. The molecule has 2 rings (SSSR count). The molecule has 2 aromatic rings. The Hall–Kier alpha value is -2.29. The number of amides is 1. The monoisotopic (exact) mass is 325 g/mol. The molecule has 0 saturated heterocycles. The van der Waals surface area contributed by atoms with E-state index in [1.807, 2.05) is 62.4 Å². The lowest BCUT2D eigenvalue weighted by atomic mass is 10.1. The number of carbonyl (C=O) groups excluding carboxylic acids is 1. The third-order valence-corrected chi connectivity index (χ3v) is 3.94. The summed E-state index contributed by atoms with van der Waals surface area (Å²) in [4.78, 5) is 14.5. The Balaban J connectivity index is 2.06. The molecule has 0 aliphatic rings. The quantitative estimate of drug-likeness (QED) is 0.694. The molecule has 0 spiro atoms. The highest BCUT2D eigenvalue weighted by Gasteiger charge is 2.19. The average molecular weight is 325 g/mol. The van der Waals surface area contributed by atoms with Crippen molar-refractivity contribution in [2.75, 3.05) is 11.5 Å². The first kappa shape index (κ1) is 18.1. The highest BCUT2D eigenvalue weighted by atomic mass is 16.5. The number of para-hydroxylation sites is 2. The van der Waals surface area contributed by atoms with Gasteiger partial charge in [-0.2, -0.15) is 0 Å². The molecule has 0 fully saturated rings. The summed E-state index contributed by atoms with van der Waals surface area (Å²) in [6.45, 7) is 6.25. The van der Waals surface area contributed by atoms with Crippen LogP contribution >= 0.6 is 0 Å². The van der Waals surface area contributed by atoms with Crippen LogP contribution in [0.2, 0.25) is 0 Å². The Morgan fingerprint density at radius 2 is 1.71 bits per heavy atom. The van der Waals surface area contributed by atoms with Crippen LogP contribution in [-0.4, -0.2) is 18.6 Å². The lowest BCUT2D eigenvalue weighted by Gasteiger charge is -2.27. The molecular weight excluding hydrogens is 298 g/mol. The van der Waals surface area contributed by atoms with Crippen LogP contribution in [0.4, 0.5) is 5.69 Å². The zero-order chi connectivity index (χ0) is 17.4. The van der Waals surface area contributed by atoms with Gasteiger partial charge in [-0.15, -0.1) is 0 Å². The molecule has 0 atom stereocenters. The van der Waals surface area contributed by atoms with E-state index < -0.39 is 0 Å². The third-order valence-electron chi connectivity index (χ3n) is 3.94. The molecule has 2 aromatic carbocycles. The van der Waals surface area contributed by atoms with Crippen molar-refractivity contribution in [2.45, 2.75) is 46.1 Å². The van der Waals surface area contributed by atoms with Gasteiger partial charge in [0, 0.05) is 11.7 Å². The summed E-state index contributed by atoms with van der Waals surface area (Å²) in [5.74, 6) is 0.789. The van der Waals surface area contributed by atoms with Crippen molar-refractivity contribution in [3.05, 3.63) is 60.2 Å². The van der Waals surface area contributed by atoms with Crippen LogP contribution in [0.15, 0.2) is 54.6 Å². The van der Waals surface area contributed by atoms with Crippen LogP contribution in [0.3, 0.4) is 0 Å². The van der Waals surface area contributed by atoms with Crippen LogP contribution in [0.1, 0.15) is 39.2 Å². The summed E-state index contributed by atoms with van der Waals surface area (Å²) in [5, 5.41) is 0. The Labute approximate surface area is 145 Å². The zero-order valence-electron chi connectivity index (χ0n) is 14.9. The summed E-state index contributed by atoms with van der Waals surface area (Å²) < 4.78 is 5.86. The van der Waals surface area contributed by atoms with E-state index in [4.69, 9.17) is 4.74 Å². The number of benzene rings is 2. The Bertz CT molecular complexity index is 637. The first-order valence-electron chi connectivity index (χ1n) is 8.71. The predicted octanol–water partition coefficient (Wildman–Crippen LogP) is 4.85. The van der Waals surface area contributed by atoms with E-state index in [9.17, 15) is 4.79 Å². The standard InChI is InChI=1S/C21H27NO2/c1-4-5-11-18-12-9-10-15-20(18)24-16-21(23)22(17(2)3)19-13-7-6-8-14-19/h6-10,12-15,17H,4-5,11,16H2,1-3H3. The highest BCUT2D eigenvalue weighted by molar-refractivity contribution is 5.94. The molecule has 0 radical (unpaired) electrons. The van der Waals surface area contributed by atoms with E-state index in [-0.39, 0.29) is 18.6 Å². The van der Waals surface area contributed by atoms with E-state index in [1.165, 1.54) is 5.56 Å². The van der Waals surface area contributed by atoms with Gasteiger partial charge >= 0.3 is 0 Å². The highest BCUT2D eigenvalue weighted by Crippen LogP contribution is 2.21. The maximum Gasteiger partial charge on any atom is 0.265 e. The van der Waals surface area contributed by atoms with Gasteiger partial charge in [0.05, 0.1) is 0 Å². The van der Waals surface area contributed by atoms with Gasteiger partial charge in [-0.25, -0.2) is 0 Å². The number of unbranched alkanes of at least 4 members (excludes halogenated alkanes) is 1. The minimum Gasteiger partial charge on any atom is -0.483 e. The Kier molecular flexibility index (Phi) is 6.86. The van der Waals surface area contributed by atoms with Gasteiger partial charge in [0.2, 0.25) is 0 Å². The van der Waals surface area contributed by atoms with Gasteiger partial charge in [0.15, 0.2) is 6.61 Å². The van der Waals surface area contributed by atoms with Crippen LogP contribution in [0.25, 0.3) is 0 Å². The van der Waals surface area contributed by atoms with Gasteiger partial charge in [0.1, 0.15) is 5.75 Å². The number of aryl methyl sites for hydroxylation is 1. The Morgan fingerprint density at radius 1 is 1.04 bits per heavy atom. The molecule has 0 N–H and O–H groups in total. The van der Waals surface area contributed by atoms with Crippen molar-refractivity contribution < 1.29 is 9.53 Å². The van der Waals surface area contributed by atoms with Crippen LogP contribution in [-0.2, 0) is 11.2 Å². The lowest BCUT2D eigenvalue weighted by Crippen LogP contribution is -2.40. The zero-order valence-corrected chi connectivity index (χ0v) is 14.9. The molecule has 24 heavy (non-hydrogen) atoms. The van der Waals surface area contributed by atoms with E-state index in [2.05, 4.69) is 13.0 Å². The van der Waals surface area contributed by atoms with E-state index in [0.29, 0.717) is 0 Å². The summed E-state index contributed by atoms with van der Waals surface area (Å²) in [6.07, 6.45) is 3.24. The fourth-order valence-corrected chi connectivity index (χ4v) is 2.75. The van der Waals surface area contributed by atoms with Crippen LogP contribution < -0.4 is 9.64 Å². The molecule has 0 aromatic heterocycles. The third kappa shape index (κ3) is 4.85. The predicted molar refractivity (Wildman–Crippen MR) is 99.6 cm³/mol. The van der Waals surface area contributed by atoms with Crippen molar-refractivity contribution in [1.82, 2.24) is 0 Å². The van der Waals surface area contributed by atoms with Gasteiger partial charge in [0.25, 0.3) is 5.91 Å². The summed E-state index contributed by atoms with van der Waals surface area (Å²) >= 11 is 0. The number of nitrogens with zero attached hydrogens (tertiary/aromatic N) is 1. The van der Waals surface area contributed by atoms with Gasteiger partial charge < -0.3 is 9.64 Å². The summed E-state index contributed by atoms with van der Waals surface area (Å²) in [6, 6.07) is 17.8. The maximum atomic E-state index is 12.7. The fraction of sp³-hybridized carbons (Fsp3) is 0.381. The number of carbonyl (C=O) groups is 1. The summed E-state index contributed by atoms with van der Waals surface area (Å²) in [7, 11) is 0. The molecule has 0 unspecified atom stereocenters. The van der Waals surface area contributed by atoms with E-state index in [0.717, 1.165) is 30.7 Å². The molecule has 1 amide bonds. The maximum absolute atomic E-state index is 12.7. The minimum atomic E-state index is -0.0264. The first-order chi connectivity index (χ1) is 11.6. The molecule has 0 saturated carbocycles. The minimum absolute atomic E-state index is 0.0264. The average Bonchev–Trinajstić information content (AvgIpc) is 2.59. The number of anilines is 1. The van der Waals surface area contributed by atoms with E-state index in [1.54, 1.807) is 4.90 Å². The largest absolute Gasteiger partial charge is 0.483 e. The smallest absolute Gasteiger partial charge is 0.265 e. The number of ether oxygens (including phenoxy) is 1. The second-order valence-electron chi connectivity index (χ2n) is 6.19. The number of hydrogen-bond acceptors (Lipinski definition) is 2. The molecule has 0 bridgehead atoms. The molecular formula is C21H27NO2. The van der Waals surface area contributed by atoms with Crippen LogP contribution in [0.5, 0.6) is 5.75 Å². The second kappa shape index (κ2) is 9.11. The number of hydrogen-bond donors (Lipinski definition) is 0. The molecule has 128 valence electrons.